The van der Waals surface area contributed by atoms with Gasteiger partial charge in [-0.3, -0.25) is 0 Å². The first kappa shape index (κ1) is 81.6. The summed E-state index contributed by atoms with van der Waals surface area (Å²) in [6.07, 6.45) is 0. The molecule has 3 saturated heterocycles. The van der Waals surface area contributed by atoms with Crippen LogP contribution in [0.1, 0.15) is 225 Å². The smallest absolute Gasteiger partial charge is 0.399 e. The topological polar surface area (TPSA) is 70.2 Å². The highest BCUT2D eigenvalue weighted by Gasteiger charge is 2.62. The lowest BCUT2D eigenvalue weighted by Crippen LogP contribution is -2.49. The molecule has 6 aliphatic heterocycles. The van der Waals surface area contributed by atoms with Crippen LogP contribution in [0.25, 0.3) is 82.5 Å². The van der Waals surface area contributed by atoms with E-state index in [0.29, 0.717) is 0 Å². The summed E-state index contributed by atoms with van der Waals surface area (Å²) in [6.45, 7) is 39.8. The monoisotopic (exact) mass is 1720 g/mol. The van der Waals surface area contributed by atoms with E-state index < -0.39 is 71.2 Å². The molecule has 9 heterocycles. The van der Waals surface area contributed by atoms with Crippen LogP contribution in [0.2, 0.25) is 0 Å². The second-order valence-corrected chi connectivity index (χ2v) is 43.1. The number of aromatic nitrogens is 3. The van der Waals surface area contributed by atoms with Gasteiger partial charge in [0.15, 0.2) is 0 Å². The Morgan fingerprint density at radius 1 is 0.189 bits per heavy atom. The van der Waals surface area contributed by atoms with Crippen molar-refractivity contribution in [1.29, 1.82) is 0 Å². The maximum Gasteiger partial charge on any atom is 0.495 e. The molecule has 12 heteroatoms. The number of hydrogen-bond donors (Lipinski definition) is 0. The van der Waals surface area contributed by atoms with E-state index in [9.17, 15) is 0 Å². The van der Waals surface area contributed by atoms with Gasteiger partial charge in [-0.15, -0.1) is 0 Å². The molecule has 9 aliphatic rings. The van der Waals surface area contributed by atoms with Gasteiger partial charge in [0, 0.05) is 48.6 Å². The molecule has 18 aromatic rings. The standard InChI is InChI=1S/3C40H36BNO2/c1-37(2)27-17-8-9-18-28(27)40(30-20-14-22-32(35(30)37)41-43-38(3,4)39(5,6)44-41)29-19-10-12-24-34(29)42-33-23-11-7-15-25(33)26-16-13-21-31(40)36(26)42;1-37(2)28-16-8-9-17-30(28)40(33-24-25(22-23-29(33)37)41-43-38(3,4)39(5,6)44-41)31-18-10-12-21-35(31)42-34-20-11-7-14-26(34)27-15-13-19-32(40)36(27)42;1-37(2)28-16-8-9-17-29(28)40(30-23-22-25(24-33(30)37)41-43-38(3,4)39(5,6)44-41)31-18-10-12-21-35(31)42-34-20-11-7-14-26(34)27-15-13-19-32(40)36(27)42/h3*7-24H,1-6H3. The molecule has 0 radical (unpaired) electrons. The highest BCUT2D eigenvalue weighted by molar-refractivity contribution is 6.63. The minimum absolute atomic E-state index is 0.196. The summed E-state index contributed by atoms with van der Waals surface area (Å²) in [7, 11) is -1.32. The maximum atomic E-state index is 6.77. The lowest BCUT2D eigenvalue weighted by atomic mass is 9.51. The van der Waals surface area contributed by atoms with Gasteiger partial charge in [0.05, 0.1) is 100 Å². The van der Waals surface area contributed by atoms with E-state index in [1.165, 1.54) is 183 Å². The molecule has 3 atom stereocenters. The Morgan fingerprint density at radius 3 is 0.826 bits per heavy atom. The molecule has 0 N–H and O–H groups in total. The zero-order valence-corrected chi connectivity index (χ0v) is 78.7. The van der Waals surface area contributed by atoms with Gasteiger partial charge < -0.3 is 41.6 Å². The molecule has 648 valence electrons. The molecule has 132 heavy (non-hydrogen) atoms. The van der Waals surface area contributed by atoms with Crippen LogP contribution in [-0.2, 0) is 60.4 Å². The fourth-order valence-corrected chi connectivity index (χ4v) is 25.6. The average Bonchev–Trinajstić information content (AvgIpc) is 1.33. The molecule has 3 fully saturated rings. The fourth-order valence-electron chi connectivity index (χ4n) is 25.6. The average molecular weight is 1720 g/mol. The van der Waals surface area contributed by atoms with Crippen molar-refractivity contribution >= 4 is 103 Å². The highest BCUT2D eigenvalue weighted by atomic mass is 16.7. The Balaban J connectivity index is 0.000000106. The van der Waals surface area contributed by atoms with Crippen LogP contribution in [0.15, 0.2) is 328 Å². The summed E-state index contributed by atoms with van der Waals surface area (Å²) >= 11 is 0. The van der Waals surface area contributed by atoms with Gasteiger partial charge >= 0.3 is 21.4 Å². The van der Waals surface area contributed by atoms with Crippen LogP contribution >= 0.6 is 0 Å². The Morgan fingerprint density at radius 2 is 0.439 bits per heavy atom. The number of rotatable bonds is 3. The van der Waals surface area contributed by atoms with Crippen molar-refractivity contribution in [1.82, 2.24) is 13.7 Å². The fraction of sp³-hybridized carbons (Fsp3) is 0.250. The number of nitrogens with zero attached hydrogens (tertiary/aromatic N) is 3. The Kier molecular flexibility index (Phi) is 16.8. The number of fused-ring (bicyclic) bond motifs is 33. The summed E-state index contributed by atoms with van der Waals surface area (Å²) in [5, 5.41) is 7.73. The van der Waals surface area contributed by atoms with Gasteiger partial charge in [-0.2, -0.15) is 0 Å². The van der Waals surface area contributed by atoms with Crippen molar-refractivity contribution in [2.45, 2.75) is 191 Å². The summed E-state index contributed by atoms with van der Waals surface area (Å²) in [5.74, 6) is 0. The normalized spacial score (nSPS) is 21.8. The van der Waals surface area contributed by atoms with E-state index in [1.807, 2.05) is 0 Å². The zero-order valence-electron chi connectivity index (χ0n) is 78.7. The van der Waals surface area contributed by atoms with Crippen molar-refractivity contribution < 1.29 is 27.9 Å². The van der Waals surface area contributed by atoms with Crippen LogP contribution < -0.4 is 16.4 Å². The lowest BCUT2D eigenvalue weighted by molar-refractivity contribution is 0.00578. The third kappa shape index (κ3) is 10.3. The van der Waals surface area contributed by atoms with Gasteiger partial charge in [0.2, 0.25) is 0 Å². The largest absolute Gasteiger partial charge is 0.495 e. The SMILES string of the molecule is CC1(C)c2ccccc2C2(c3ccccc3-n3c4ccccc4c4cccc2c43)c2cc(B3OC(C)(C)C(C)(C)O3)ccc21.CC1(C)c2ccccc2C2(c3ccccc3-n3c4ccccc4c4cccc2c43)c2ccc(B3OC(C)(C)C(C)(C)O3)cc21.CC1(C)c2ccccc2C2(c3ccccc3-n3c4ccccc4c4cccc2c43)c2cccc(B3OC(C)(C)C(C)(C)O3)c21. The van der Waals surface area contributed by atoms with Gasteiger partial charge in [-0.05, 0) is 236 Å². The summed E-state index contributed by atoms with van der Waals surface area (Å²) in [5.41, 5.74) is 33.7. The molecule has 3 spiro atoms. The number of hydrogen-bond acceptors (Lipinski definition) is 6. The predicted molar refractivity (Wildman–Crippen MR) is 541 cm³/mol. The quantitative estimate of drug-likeness (QED) is 0.164. The van der Waals surface area contributed by atoms with Crippen LogP contribution in [0.3, 0.4) is 0 Å². The minimum atomic E-state index is -0.526. The van der Waals surface area contributed by atoms with Crippen molar-refractivity contribution in [3.63, 3.8) is 0 Å². The van der Waals surface area contributed by atoms with Gasteiger partial charge in [0.25, 0.3) is 0 Å². The molecule has 0 amide bonds. The molecule has 27 rings (SSSR count). The first-order valence-electron chi connectivity index (χ1n) is 47.4. The predicted octanol–water partition coefficient (Wildman–Crippen LogP) is 25.3. The first-order valence-corrected chi connectivity index (χ1v) is 47.4. The van der Waals surface area contributed by atoms with Crippen molar-refractivity contribution in [3.05, 3.63) is 428 Å². The molecule has 9 nitrogen and oxygen atoms in total. The molecular formula is C120H108B3N3O6. The van der Waals surface area contributed by atoms with Crippen molar-refractivity contribution in [2.24, 2.45) is 0 Å². The molecule has 3 aliphatic carbocycles. The molecule has 15 aromatic carbocycles. The van der Waals surface area contributed by atoms with Crippen molar-refractivity contribution in [3.8, 4) is 17.1 Å². The van der Waals surface area contributed by atoms with Crippen LogP contribution in [0.5, 0.6) is 0 Å². The van der Waals surface area contributed by atoms with Gasteiger partial charge in [0.1, 0.15) is 0 Å². The lowest BCUT2D eigenvalue weighted by Gasteiger charge is -2.50. The summed E-state index contributed by atoms with van der Waals surface area (Å²) < 4.78 is 47.5. The highest BCUT2D eigenvalue weighted by Crippen LogP contribution is 2.66. The Hall–Kier alpha value is -12.3. The zero-order chi connectivity index (χ0) is 90.7. The maximum absolute atomic E-state index is 6.77. The minimum Gasteiger partial charge on any atom is -0.399 e. The third-order valence-electron chi connectivity index (χ3n) is 33.9. The van der Waals surface area contributed by atoms with E-state index in [2.05, 4.69) is 466 Å². The second kappa shape index (κ2) is 27.2. The van der Waals surface area contributed by atoms with Gasteiger partial charge in [-0.25, -0.2) is 0 Å². The molecule has 3 aromatic heterocycles. The van der Waals surface area contributed by atoms with E-state index in [-0.39, 0.29) is 16.2 Å². The van der Waals surface area contributed by atoms with Crippen molar-refractivity contribution in [2.75, 3.05) is 0 Å². The van der Waals surface area contributed by atoms with E-state index >= 15 is 0 Å². The van der Waals surface area contributed by atoms with Crippen LogP contribution in [0, 0.1) is 0 Å². The van der Waals surface area contributed by atoms with Crippen LogP contribution in [0.4, 0.5) is 0 Å². The van der Waals surface area contributed by atoms with E-state index in [0.717, 1.165) is 16.4 Å². The Bertz CT molecular complexity index is 7820. The summed E-state index contributed by atoms with van der Waals surface area (Å²) in [6, 6.07) is 123. The molecular weight excluding hydrogens is 1610 g/mol. The number of para-hydroxylation sites is 9. The summed E-state index contributed by atoms with van der Waals surface area (Å²) in [4.78, 5) is 0. The van der Waals surface area contributed by atoms with E-state index in [4.69, 9.17) is 27.9 Å². The molecule has 0 saturated carbocycles. The first-order chi connectivity index (χ1) is 63.2. The van der Waals surface area contributed by atoms with E-state index in [1.54, 1.807) is 0 Å². The van der Waals surface area contributed by atoms with Gasteiger partial charge in [-0.1, -0.05) is 333 Å². The third-order valence-corrected chi connectivity index (χ3v) is 33.9. The Labute approximate surface area is 775 Å². The van der Waals surface area contributed by atoms with Crippen LogP contribution in [-0.4, -0.2) is 68.7 Å². The molecule has 0 bridgehead atoms. The second-order valence-electron chi connectivity index (χ2n) is 43.1. The number of benzene rings is 15. The molecule has 3 unspecified atom stereocenters.